The van der Waals surface area contributed by atoms with E-state index >= 15 is 0 Å². The van der Waals surface area contributed by atoms with Crippen molar-refractivity contribution < 1.29 is 28.8 Å². The molecule has 1 aliphatic heterocycles. The molecule has 400 valence electrons. The maximum atomic E-state index is 9.52. The summed E-state index contributed by atoms with van der Waals surface area (Å²) in [7, 11) is 0. The van der Waals surface area contributed by atoms with Crippen LogP contribution in [-0.2, 0) is 5.41 Å². The Bertz CT molecular complexity index is 5690. The van der Waals surface area contributed by atoms with Gasteiger partial charge in [0.25, 0.3) is 6.33 Å². The summed E-state index contributed by atoms with van der Waals surface area (Å²) >= 11 is 0. The molecule has 0 bridgehead atoms. The van der Waals surface area contributed by atoms with Crippen molar-refractivity contribution in [3.63, 3.8) is 0 Å². The lowest BCUT2D eigenvalue weighted by molar-refractivity contribution is -0.570. The molecular weight excluding hydrogens is 1020 g/mol. The van der Waals surface area contributed by atoms with Gasteiger partial charge in [-0.1, -0.05) is 184 Å². The number of aromatic nitrogens is 4. The maximum Gasteiger partial charge on any atom is 0.269 e. The molecule has 84 heavy (non-hydrogen) atoms. The molecule has 15 aromatic rings. The van der Waals surface area contributed by atoms with Crippen LogP contribution in [0.2, 0.25) is 0 Å². The number of pyridine rings is 1. The van der Waals surface area contributed by atoms with Gasteiger partial charge in [0.1, 0.15) is 28.5 Å². The van der Waals surface area contributed by atoms with E-state index in [9.17, 15) is 2.74 Å². The third-order valence-corrected chi connectivity index (χ3v) is 16.5. The summed E-state index contributed by atoms with van der Waals surface area (Å²) in [5, 5.41) is 3.86. The van der Waals surface area contributed by atoms with Gasteiger partial charge in [-0.3, -0.25) is 13.7 Å². The fraction of sp³-hybridized carbons (Fsp3) is 0.0769. The van der Waals surface area contributed by atoms with Crippen molar-refractivity contribution >= 4 is 54.8 Å². The molecule has 0 N–H and O–H groups in total. The smallest absolute Gasteiger partial charge is 0.269 e. The molecule has 5 heterocycles. The van der Waals surface area contributed by atoms with Crippen LogP contribution in [0.25, 0.3) is 139 Å². The van der Waals surface area contributed by atoms with Crippen molar-refractivity contribution in [1.82, 2.24) is 14.1 Å². The Morgan fingerprint density at radius 1 is 0.500 bits per heavy atom. The summed E-state index contributed by atoms with van der Waals surface area (Å²) in [5.41, 5.74) is 12.3. The SMILES string of the molecule is [2H]c1c([2H])c([2H])c(-c2cccc3c2-c2cccc(-c4ccc5oc6ccccc6c5c4)c2-[n+]2[c-]n(-c4cccc(Oc5ccc6c7ccccc7n(-c7cc(C(C)(C)C)ccn7)c6c5)c4)c4cc(-c5c(C([2H])([2H])[2H])cccc5C([2H])([2H])[2H])cc(c42)-c2ccccc2-3)c([2H])c1[2H]. The number of nitrogens with zero attached hydrogens (tertiary/aromatic N) is 4. The molecule has 0 saturated carbocycles. The molecule has 0 aliphatic carbocycles. The first-order valence-electron chi connectivity index (χ1n) is 33.4. The highest BCUT2D eigenvalue weighted by Gasteiger charge is 2.30. The topological polar surface area (TPSA) is 49.0 Å². The van der Waals surface area contributed by atoms with Gasteiger partial charge < -0.3 is 9.15 Å². The first-order chi connectivity index (χ1) is 45.6. The van der Waals surface area contributed by atoms with Crippen LogP contribution in [0.15, 0.2) is 253 Å². The van der Waals surface area contributed by atoms with E-state index in [0.29, 0.717) is 84.0 Å². The number of rotatable bonds is 7. The molecule has 11 aromatic carbocycles. The summed E-state index contributed by atoms with van der Waals surface area (Å²) < 4.78 is 119. The molecule has 6 nitrogen and oxygen atoms in total. The third kappa shape index (κ3) is 7.85. The Hall–Kier alpha value is -10.6. The number of aryl methyl sites for hydroxylation is 2. The van der Waals surface area contributed by atoms with E-state index in [4.69, 9.17) is 26.5 Å². The van der Waals surface area contributed by atoms with Crippen molar-refractivity contribution in [2.45, 2.75) is 39.9 Å². The molecule has 0 fully saturated rings. The minimum atomic E-state index is -2.76. The Labute approximate surface area is 502 Å². The van der Waals surface area contributed by atoms with E-state index in [-0.39, 0.29) is 39.8 Å². The minimum Gasteiger partial charge on any atom is -0.458 e. The van der Waals surface area contributed by atoms with Gasteiger partial charge >= 0.3 is 0 Å². The van der Waals surface area contributed by atoms with Crippen LogP contribution in [-0.4, -0.2) is 14.1 Å². The maximum absolute atomic E-state index is 9.52. The second-order valence-electron chi connectivity index (χ2n) is 22.5. The van der Waals surface area contributed by atoms with Gasteiger partial charge in [-0.05, 0) is 175 Å². The van der Waals surface area contributed by atoms with Crippen molar-refractivity contribution in [1.29, 1.82) is 0 Å². The zero-order valence-electron chi connectivity index (χ0n) is 56.9. The standard InChI is InChI=1S/C78H56N4O2/c1-48-19-15-20-49(2)74(48)52-42-67-60-26-10-9-25-59(60)64-31-17-29-57(50-21-7-6-8-22-50)75(64)65-32-18-30-58(51-35-38-72-66(41-51)63-28-12-14-34-71(63)84-72)76(65)81-47-80(70(43-52)77(67)81)54-23-16-24-55(45-54)83-56-36-37-62-61-27-11-13-33-68(61)82(69(62)46-56)73-44-53(39-40-79-73)78(3,4)5/h6-46H,1-5H3/i1D3,2D3,6D,7D,8D,21D,22D. The average molecular weight is 1090 g/mol. The van der Waals surface area contributed by atoms with Gasteiger partial charge in [0, 0.05) is 42.0 Å². The Balaban J connectivity index is 1.01. The molecule has 1 aliphatic rings. The van der Waals surface area contributed by atoms with Crippen molar-refractivity contribution in [3.05, 3.63) is 272 Å². The largest absolute Gasteiger partial charge is 0.458 e. The second-order valence-corrected chi connectivity index (χ2v) is 22.5. The Morgan fingerprint density at radius 3 is 2.02 bits per heavy atom. The van der Waals surface area contributed by atoms with E-state index in [1.165, 1.54) is 18.2 Å². The van der Waals surface area contributed by atoms with Crippen LogP contribution in [0.4, 0.5) is 0 Å². The normalized spacial score (nSPS) is 14.3. The third-order valence-electron chi connectivity index (χ3n) is 16.5. The van der Waals surface area contributed by atoms with Crippen molar-refractivity contribution in [2.24, 2.45) is 0 Å². The van der Waals surface area contributed by atoms with E-state index in [1.54, 1.807) is 6.07 Å². The van der Waals surface area contributed by atoms with E-state index in [1.807, 2.05) is 167 Å². The minimum absolute atomic E-state index is 0.00557. The number of benzene rings is 11. The van der Waals surface area contributed by atoms with Crippen LogP contribution < -0.4 is 9.30 Å². The van der Waals surface area contributed by atoms with E-state index < -0.39 is 31.8 Å². The predicted molar refractivity (Wildman–Crippen MR) is 344 cm³/mol. The second kappa shape index (κ2) is 19.0. The molecule has 16 rings (SSSR count). The van der Waals surface area contributed by atoms with Crippen molar-refractivity contribution in [2.75, 3.05) is 0 Å². The van der Waals surface area contributed by atoms with Crippen LogP contribution >= 0.6 is 0 Å². The van der Waals surface area contributed by atoms with Gasteiger partial charge in [0.2, 0.25) is 0 Å². The Morgan fingerprint density at radius 2 is 1.19 bits per heavy atom. The molecule has 6 heteroatoms. The quantitative estimate of drug-likeness (QED) is 0.118. The molecule has 0 saturated heterocycles. The lowest BCUT2D eigenvalue weighted by Crippen LogP contribution is -2.32. The summed E-state index contributed by atoms with van der Waals surface area (Å²) in [5.74, 6) is 1.80. The number of fused-ring (bicyclic) bond motifs is 13. The first-order valence-corrected chi connectivity index (χ1v) is 27.9. The summed E-state index contributed by atoms with van der Waals surface area (Å²) in [6.45, 7) is 1.03. The molecule has 4 aromatic heterocycles. The molecule has 0 unspecified atom stereocenters. The lowest BCUT2D eigenvalue weighted by atomic mass is 9.83. The van der Waals surface area contributed by atoms with Gasteiger partial charge in [-0.25, -0.2) is 4.98 Å². The zero-order valence-corrected chi connectivity index (χ0v) is 45.9. The summed E-state index contributed by atoms with van der Waals surface area (Å²) in [6, 6.07) is 65.1. The van der Waals surface area contributed by atoms with Gasteiger partial charge in [0.15, 0.2) is 0 Å². The van der Waals surface area contributed by atoms with Gasteiger partial charge in [-0.15, -0.1) is 0 Å². The molecular formula is C78H56N4O2. The van der Waals surface area contributed by atoms with Gasteiger partial charge in [0.05, 0.1) is 40.3 Å². The fourth-order valence-electron chi connectivity index (χ4n) is 12.6. The van der Waals surface area contributed by atoms with Crippen LogP contribution in [0.1, 0.15) is 52.5 Å². The number of hydrogen-bond acceptors (Lipinski definition) is 3. The highest BCUT2D eigenvalue weighted by Crippen LogP contribution is 2.50. The monoisotopic (exact) mass is 1090 g/mol. The number of hydrogen-bond donors (Lipinski definition) is 0. The molecule has 0 radical (unpaired) electrons. The molecule has 0 atom stereocenters. The van der Waals surface area contributed by atoms with Crippen LogP contribution in [0.5, 0.6) is 11.5 Å². The number of para-hydroxylation sites is 3. The van der Waals surface area contributed by atoms with Crippen molar-refractivity contribution in [3.8, 4) is 95.5 Å². The summed E-state index contributed by atoms with van der Waals surface area (Å²) in [4.78, 5) is 4.91. The fourth-order valence-corrected chi connectivity index (χ4v) is 12.6. The van der Waals surface area contributed by atoms with E-state index in [2.05, 4.69) is 68.1 Å². The Kier molecular flexibility index (Phi) is 8.82. The summed E-state index contributed by atoms with van der Waals surface area (Å²) in [6.07, 6.45) is 5.70. The zero-order chi connectivity index (χ0) is 65.7. The van der Waals surface area contributed by atoms with Crippen LogP contribution in [0, 0.1) is 20.0 Å². The number of imidazole rings is 1. The highest BCUT2D eigenvalue weighted by molar-refractivity contribution is 6.11. The number of ether oxygens (including phenoxy) is 1. The highest BCUT2D eigenvalue weighted by atomic mass is 16.5. The molecule has 0 amide bonds. The molecule has 0 spiro atoms. The predicted octanol–water partition coefficient (Wildman–Crippen LogP) is 20.1. The number of furan rings is 1. The average Bonchev–Trinajstić information content (AvgIpc) is 1.54. The van der Waals surface area contributed by atoms with E-state index in [0.717, 1.165) is 60.7 Å². The first kappa shape index (κ1) is 39.0. The lowest BCUT2D eigenvalue weighted by Gasteiger charge is -2.21. The van der Waals surface area contributed by atoms with Gasteiger partial charge in [-0.2, -0.15) is 0 Å². The van der Waals surface area contributed by atoms with Crippen LogP contribution in [0.3, 0.4) is 0 Å².